The number of nitrogens with one attached hydrogen (secondary N) is 1. The van der Waals surface area contributed by atoms with Gasteiger partial charge >= 0.3 is 0 Å². The molecule has 0 saturated carbocycles. The number of benzene rings is 3. The first kappa shape index (κ1) is 31.1. The molecular formula is C40H43N3O4. The van der Waals surface area contributed by atoms with E-state index < -0.39 is 12.3 Å². The third kappa shape index (κ3) is 7.26. The molecule has 0 spiro atoms. The van der Waals surface area contributed by atoms with Crippen molar-refractivity contribution in [2.75, 3.05) is 6.61 Å². The first-order valence-electron chi connectivity index (χ1n) is 16.8. The van der Waals surface area contributed by atoms with Crippen LogP contribution in [0.25, 0.3) is 16.6 Å². The summed E-state index contributed by atoms with van der Waals surface area (Å²) in [5.41, 5.74) is 12.8. The molecule has 4 atom stereocenters. The zero-order valence-corrected chi connectivity index (χ0v) is 26.9. The Hall–Kier alpha value is -4.48. The minimum atomic E-state index is -0.524. The van der Waals surface area contributed by atoms with Crippen LogP contribution in [0, 0.1) is 17.8 Å². The minimum Gasteiger partial charge on any atom is -0.504 e. The van der Waals surface area contributed by atoms with Crippen molar-refractivity contribution in [3.05, 3.63) is 113 Å². The van der Waals surface area contributed by atoms with Crippen LogP contribution in [-0.2, 0) is 24.2 Å². The number of phenolic OH excluding ortho intramolecular Hbond substituents is 1. The minimum absolute atomic E-state index is 0.0989. The number of aliphatic hydroxyl groups excluding tert-OH is 1. The molecule has 4 aromatic rings. The van der Waals surface area contributed by atoms with E-state index in [0.717, 1.165) is 64.5 Å². The Labute approximate surface area is 276 Å². The van der Waals surface area contributed by atoms with Gasteiger partial charge in [0.25, 0.3) is 0 Å². The number of fused-ring (bicyclic) bond motifs is 6. The average Bonchev–Trinajstić information content (AvgIpc) is 3.48. The Bertz CT molecular complexity index is 1880. The van der Waals surface area contributed by atoms with Crippen LogP contribution >= 0.6 is 0 Å². The van der Waals surface area contributed by atoms with Gasteiger partial charge in [0.15, 0.2) is 11.5 Å². The number of rotatable bonds is 2. The smallest absolute Gasteiger partial charge is 0.161 e. The molecular weight excluding hydrogens is 586 g/mol. The van der Waals surface area contributed by atoms with E-state index in [2.05, 4.69) is 77.4 Å². The maximum Gasteiger partial charge on any atom is 0.161 e. The van der Waals surface area contributed by atoms with Crippen LogP contribution in [0.1, 0.15) is 61.3 Å². The van der Waals surface area contributed by atoms with E-state index in [9.17, 15) is 10.2 Å². The predicted molar refractivity (Wildman–Crippen MR) is 186 cm³/mol. The maximum atomic E-state index is 11.1. The van der Waals surface area contributed by atoms with Crippen molar-refractivity contribution >= 4 is 16.6 Å². The Balaban J connectivity index is 1.37. The van der Waals surface area contributed by atoms with E-state index in [1.807, 2.05) is 24.3 Å². The van der Waals surface area contributed by atoms with Crippen molar-refractivity contribution in [2.24, 2.45) is 11.7 Å². The normalized spacial score (nSPS) is 23.4. The fourth-order valence-corrected chi connectivity index (χ4v) is 6.90. The summed E-state index contributed by atoms with van der Waals surface area (Å²) in [7, 11) is 0. The van der Waals surface area contributed by atoms with E-state index in [0.29, 0.717) is 31.6 Å². The summed E-state index contributed by atoms with van der Waals surface area (Å²) < 4.78 is 15.1. The standard InChI is InChI=1S/C40H43N3O4/c1-26-6-5-9-34-21-33(44)14-11-28-12-15-37(45)38(19-28)47-24-32-18-29(16-27-7-3-2-4-8-27)17-31-22-43(23-35(31)32)40-36(25-46-34)30(13-10-26)20-39(41)42-40/h2-4,7-8,12,15,17-20,22-23,26,33-34,39,42,44-45H,5-6,9,11,14,16,21,24-25,41H2,1H3/t26-,33-,34+,39?/m1/s1. The van der Waals surface area contributed by atoms with Gasteiger partial charge < -0.3 is 35.3 Å². The zero-order chi connectivity index (χ0) is 32.3. The summed E-state index contributed by atoms with van der Waals surface area (Å²) >= 11 is 0. The van der Waals surface area contributed by atoms with Gasteiger partial charge in [-0.25, -0.2) is 0 Å². The van der Waals surface area contributed by atoms with Gasteiger partial charge in [-0.3, -0.25) is 0 Å². The van der Waals surface area contributed by atoms with Crippen LogP contribution in [0.3, 0.4) is 0 Å². The highest BCUT2D eigenvalue weighted by Crippen LogP contribution is 2.33. The maximum absolute atomic E-state index is 11.1. The summed E-state index contributed by atoms with van der Waals surface area (Å²) in [5, 5.41) is 27.5. The number of phenols is 1. The van der Waals surface area contributed by atoms with E-state index in [1.165, 1.54) is 11.1 Å². The number of nitrogens with two attached hydrogens (primary N) is 1. The Morgan fingerprint density at radius 2 is 1.87 bits per heavy atom. The van der Waals surface area contributed by atoms with Crippen LogP contribution in [0.4, 0.5) is 0 Å². The SMILES string of the molecule is C[C@H]1C#CC2=CC(N)NC3=C2CO[C@@H](CCC1)C[C@H](O)CCc1ccc(O)c(c1)OCc1cc(Cc2ccccc2)cc2cn3cc12. The van der Waals surface area contributed by atoms with Crippen molar-refractivity contribution in [2.45, 2.75) is 76.9 Å². The lowest BCUT2D eigenvalue weighted by atomic mass is 9.97. The van der Waals surface area contributed by atoms with Crippen molar-refractivity contribution in [1.82, 2.24) is 9.88 Å². The Morgan fingerprint density at radius 1 is 1.00 bits per heavy atom. The molecule has 3 aromatic carbocycles. The third-order valence-corrected chi connectivity index (χ3v) is 9.46. The first-order valence-corrected chi connectivity index (χ1v) is 16.8. The topological polar surface area (TPSA) is 102 Å². The lowest BCUT2D eigenvalue weighted by Gasteiger charge is -2.28. The number of aryl methyl sites for hydroxylation is 1. The molecule has 7 heteroatoms. The van der Waals surface area contributed by atoms with Crippen molar-refractivity contribution in [3.8, 4) is 23.3 Å². The van der Waals surface area contributed by atoms with Crippen molar-refractivity contribution < 1.29 is 19.7 Å². The second-order valence-corrected chi connectivity index (χ2v) is 13.2. The fourth-order valence-electron chi connectivity index (χ4n) is 6.90. The summed E-state index contributed by atoms with van der Waals surface area (Å²) in [4.78, 5) is 0. The third-order valence-electron chi connectivity index (χ3n) is 9.46. The second-order valence-electron chi connectivity index (χ2n) is 13.2. The van der Waals surface area contributed by atoms with Gasteiger partial charge in [-0.2, -0.15) is 0 Å². The molecule has 3 aliphatic rings. The molecule has 3 aliphatic heterocycles. The van der Waals surface area contributed by atoms with Crippen LogP contribution in [0.5, 0.6) is 11.5 Å². The molecule has 0 fully saturated rings. The Morgan fingerprint density at radius 3 is 2.74 bits per heavy atom. The molecule has 0 saturated heterocycles. The predicted octanol–water partition coefficient (Wildman–Crippen LogP) is 6.41. The van der Waals surface area contributed by atoms with Gasteiger partial charge in [0.2, 0.25) is 0 Å². The number of ether oxygens (including phenoxy) is 2. The van der Waals surface area contributed by atoms with Gasteiger partial charge in [0, 0.05) is 40.2 Å². The molecule has 1 aromatic heterocycles. The van der Waals surface area contributed by atoms with Gasteiger partial charge in [-0.1, -0.05) is 61.2 Å². The molecule has 6 bridgehead atoms. The highest BCUT2D eigenvalue weighted by Gasteiger charge is 2.25. The summed E-state index contributed by atoms with van der Waals surface area (Å²) in [6.45, 7) is 2.80. The van der Waals surface area contributed by atoms with Crippen LogP contribution in [-0.4, -0.2) is 39.8 Å². The largest absolute Gasteiger partial charge is 0.504 e. The monoisotopic (exact) mass is 629 g/mol. The molecule has 7 nitrogen and oxygen atoms in total. The summed E-state index contributed by atoms with van der Waals surface area (Å²) in [5.74, 6) is 8.53. The molecule has 47 heavy (non-hydrogen) atoms. The van der Waals surface area contributed by atoms with Gasteiger partial charge in [0.05, 0.1) is 25.0 Å². The van der Waals surface area contributed by atoms with Gasteiger partial charge in [-0.15, -0.1) is 0 Å². The number of aliphatic hydroxyl groups is 1. The summed E-state index contributed by atoms with van der Waals surface area (Å²) in [6, 6.07) is 20.4. The molecule has 0 radical (unpaired) electrons. The number of aromatic nitrogens is 1. The highest BCUT2D eigenvalue weighted by atomic mass is 16.5. The van der Waals surface area contributed by atoms with Crippen molar-refractivity contribution in [1.29, 1.82) is 0 Å². The number of hydrogen-bond donors (Lipinski definition) is 4. The number of nitrogens with zero attached hydrogens (tertiary/aromatic N) is 1. The van der Waals surface area contributed by atoms with E-state index in [-0.39, 0.29) is 24.4 Å². The molecule has 1 unspecified atom stereocenters. The van der Waals surface area contributed by atoms with Gasteiger partial charge in [0.1, 0.15) is 12.4 Å². The number of aromatic hydroxyl groups is 1. The van der Waals surface area contributed by atoms with Crippen LogP contribution in [0.2, 0.25) is 0 Å². The Kier molecular flexibility index (Phi) is 9.08. The number of hydrogen-bond acceptors (Lipinski definition) is 6. The molecule has 4 heterocycles. The van der Waals surface area contributed by atoms with E-state index in [4.69, 9.17) is 15.2 Å². The zero-order valence-electron chi connectivity index (χ0n) is 26.9. The lowest BCUT2D eigenvalue weighted by molar-refractivity contribution is 0.0168. The van der Waals surface area contributed by atoms with E-state index >= 15 is 0 Å². The second kappa shape index (κ2) is 13.7. The van der Waals surface area contributed by atoms with Crippen molar-refractivity contribution in [3.63, 3.8) is 0 Å². The van der Waals surface area contributed by atoms with Gasteiger partial charge in [-0.05, 0) is 91.5 Å². The molecule has 5 N–H and O–H groups in total. The molecule has 0 aliphatic carbocycles. The fraction of sp³-hybridized carbons (Fsp3) is 0.350. The lowest BCUT2D eigenvalue weighted by Crippen LogP contribution is -2.40. The van der Waals surface area contributed by atoms with Crippen LogP contribution in [0.15, 0.2) is 90.3 Å². The molecule has 242 valence electrons. The molecule has 0 amide bonds. The van der Waals surface area contributed by atoms with Crippen LogP contribution < -0.4 is 15.8 Å². The average molecular weight is 630 g/mol. The van der Waals surface area contributed by atoms with E-state index in [1.54, 1.807) is 6.07 Å². The summed E-state index contributed by atoms with van der Waals surface area (Å²) in [6.07, 6.45) is 10.6. The molecule has 7 rings (SSSR count). The number of dihydropyridines is 1. The quantitative estimate of drug-likeness (QED) is 0.191. The first-order chi connectivity index (χ1) is 22.9. The highest BCUT2D eigenvalue weighted by molar-refractivity contribution is 5.88.